The molecule has 0 aliphatic heterocycles. The number of aryl methyl sites for hydroxylation is 1. The van der Waals surface area contributed by atoms with Crippen molar-refractivity contribution in [1.82, 2.24) is 15.1 Å². The van der Waals surface area contributed by atoms with Crippen molar-refractivity contribution in [2.24, 2.45) is 0 Å². The summed E-state index contributed by atoms with van der Waals surface area (Å²) < 4.78 is 14.8. The molecule has 2 aromatic rings. The fourth-order valence-corrected chi connectivity index (χ4v) is 1.61. The number of nitrogens with zero attached hydrogens (tertiary/aromatic N) is 2. The minimum Gasteiger partial charge on any atom is -0.316 e. The summed E-state index contributed by atoms with van der Waals surface area (Å²) in [6.45, 7) is 2.71. The predicted octanol–water partition coefficient (Wildman–Crippen LogP) is 2.04. The number of hydrogen-bond acceptors (Lipinski definition) is 2. The maximum absolute atomic E-state index is 13.1. The van der Waals surface area contributed by atoms with E-state index in [0.717, 1.165) is 23.5 Å². The minimum atomic E-state index is -0.249. The Morgan fingerprint density at radius 1 is 1.44 bits per heavy atom. The van der Waals surface area contributed by atoms with Crippen LogP contribution in [0.4, 0.5) is 4.39 Å². The average molecular weight is 219 g/mol. The van der Waals surface area contributed by atoms with Gasteiger partial charge in [0.2, 0.25) is 0 Å². The molecule has 1 aromatic heterocycles. The quantitative estimate of drug-likeness (QED) is 0.856. The van der Waals surface area contributed by atoms with Crippen LogP contribution in [0.1, 0.15) is 11.3 Å². The minimum absolute atomic E-state index is 0.249. The first-order valence-electron chi connectivity index (χ1n) is 5.16. The zero-order valence-corrected chi connectivity index (χ0v) is 9.37. The zero-order chi connectivity index (χ0) is 11.5. The highest BCUT2D eigenvalue weighted by Crippen LogP contribution is 2.12. The molecular formula is C12H14FN3. The van der Waals surface area contributed by atoms with Crippen molar-refractivity contribution in [3.63, 3.8) is 0 Å². The summed E-state index contributed by atoms with van der Waals surface area (Å²) in [4.78, 5) is 0. The van der Waals surface area contributed by atoms with Gasteiger partial charge in [0, 0.05) is 18.3 Å². The number of rotatable bonds is 3. The number of nitrogens with one attached hydrogen (secondary N) is 1. The SMILES string of the molecule is CNCc1cn(-c2cccc(F)c2)nc1C. The summed E-state index contributed by atoms with van der Waals surface area (Å²) in [6, 6.07) is 6.40. The Balaban J connectivity index is 2.37. The molecular weight excluding hydrogens is 205 g/mol. The molecule has 16 heavy (non-hydrogen) atoms. The molecule has 0 aliphatic carbocycles. The molecule has 0 saturated carbocycles. The molecule has 0 spiro atoms. The van der Waals surface area contributed by atoms with Crippen LogP contribution < -0.4 is 5.32 Å². The highest BCUT2D eigenvalue weighted by molar-refractivity contribution is 5.33. The number of benzene rings is 1. The van der Waals surface area contributed by atoms with Crippen molar-refractivity contribution in [2.45, 2.75) is 13.5 Å². The first-order valence-corrected chi connectivity index (χ1v) is 5.16. The largest absolute Gasteiger partial charge is 0.316 e. The Hall–Kier alpha value is -1.68. The fourth-order valence-electron chi connectivity index (χ4n) is 1.61. The van der Waals surface area contributed by atoms with Gasteiger partial charge in [0.05, 0.1) is 11.4 Å². The lowest BCUT2D eigenvalue weighted by molar-refractivity contribution is 0.625. The topological polar surface area (TPSA) is 29.9 Å². The molecule has 0 aliphatic rings. The van der Waals surface area contributed by atoms with Crippen molar-refractivity contribution in [3.05, 3.63) is 47.5 Å². The van der Waals surface area contributed by atoms with Gasteiger partial charge in [0.1, 0.15) is 5.82 Å². The average Bonchev–Trinajstić information content (AvgIpc) is 2.61. The van der Waals surface area contributed by atoms with E-state index in [0.29, 0.717) is 0 Å². The molecule has 1 aromatic carbocycles. The van der Waals surface area contributed by atoms with Crippen molar-refractivity contribution >= 4 is 0 Å². The van der Waals surface area contributed by atoms with E-state index < -0.39 is 0 Å². The molecule has 0 amide bonds. The Morgan fingerprint density at radius 3 is 2.94 bits per heavy atom. The monoisotopic (exact) mass is 219 g/mol. The van der Waals surface area contributed by atoms with Crippen LogP contribution in [0.3, 0.4) is 0 Å². The normalized spacial score (nSPS) is 10.7. The van der Waals surface area contributed by atoms with Gasteiger partial charge in [-0.25, -0.2) is 9.07 Å². The Morgan fingerprint density at radius 2 is 2.25 bits per heavy atom. The summed E-state index contributed by atoms with van der Waals surface area (Å²) >= 11 is 0. The van der Waals surface area contributed by atoms with Gasteiger partial charge in [0.15, 0.2) is 0 Å². The lowest BCUT2D eigenvalue weighted by Crippen LogP contribution is -2.05. The molecule has 0 saturated heterocycles. The van der Waals surface area contributed by atoms with Gasteiger partial charge in [-0.3, -0.25) is 0 Å². The lowest BCUT2D eigenvalue weighted by atomic mass is 10.2. The van der Waals surface area contributed by atoms with Gasteiger partial charge in [-0.2, -0.15) is 5.10 Å². The highest BCUT2D eigenvalue weighted by Gasteiger charge is 2.05. The molecule has 3 nitrogen and oxygen atoms in total. The van der Waals surface area contributed by atoms with Crippen LogP contribution in [0, 0.1) is 12.7 Å². The van der Waals surface area contributed by atoms with Gasteiger partial charge in [-0.1, -0.05) is 6.07 Å². The molecule has 1 heterocycles. The second kappa shape index (κ2) is 4.45. The van der Waals surface area contributed by atoms with Crippen LogP contribution in [-0.2, 0) is 6.54 Å². The van der Waals surface area contributed by atoms with Crippen molar-refractivity contribution in [3.8, 4) is 5.69 Å². The predicted molar refractivity (Wildman–Crippen MR) is 61.0 cm³/mol. The maximum Gasteiger partial charge on any atom is 0.125 e. The molecule has 2 rings (SSSR count). The Labute approximate surface area is 93.9 Å². The molecule has 84 valence electrons. The second-order valence-electron chi connectivity index (χ2n) is 3.69. The van der Waals surface area contributed by atoms with E-state index in [1.165, 1.54) is 12.1 Å². The van der Waals surface area contributed by atoms with Gasteiger partial charge in [0.25, 0.3) is 0 Å². The van der Waals surface area contributed by atoms with Crippen LogP contribution in [0.2, 0.25) is 0 Å². The third-order valence-electron chi connectivity index (χ3n) is 2.44. The van der Waals surface area contributed by atoms with E-state index >= 15 is 0 Å². The highest BCUT2D eigenvalue weighted by atomic mass is 19.1. The van der Waals surface area contributed by atoms with Gasteiger partial charge in [-0.05, 0) is 32.2 Å². The van der Waals surface area contributed by atoms with E-state index in [-0.39, 0.29) is 5.82 Å². The Kier molecular flexibility index (Phi) is 3.01. The van der Waals surface area contributed by atoms with Gasteiger partial charge in [-0.15, -0.1) is 0 Å². The maximum atomic E-state index is 13.1. The van der Waals surface area contributed by atoms with E-state index in [9.17, 15) is 4.39 Å². The number of aromatic nitrogens is 2. The van der Waals surface area contributed by atoms with Crippen molar-refractivity contribution < 1.29 is 4.39 Å². The summed E-state index contributed by atoms with van der Waals surface area (Å²) in [6.07, 6.45) is 1.92. The van der Waals surface area contributed by atoms with Crippen LogP contribution in [-0.4, -0.2) is 16.8 Å². The lowest BCUT2D eigenvalue weighted by Gasteiger charge is -2.00. The van der Waals surface area contributed by atoms with Gasteiger partial charge < -0.3 is 5.32 Å². The van der Waals surface area contributed by atoms with Crippen molar-refractivity contribution in [1.29, 1.82) is 0 Å². The molecule has 0 radical (unpaired) electrons. The summed E-state index contributed by atoms with van der Waals surface area (Å²) in [7, 11) is 1.89. The third kappa shape index (κ3) is 2.12. The molecule has 0 bridgehead atoms. The van der Waals surface area contributed by atoms with Crippen LogP contribution in [0.15, 0.2) is 30.5 Å². The number of hydrogen-bond donors (Lipinski definition) is 1. The smallest absolute Gasteiger partial charge is 0.125 e. The van der Waals surface area contributed by atoms with Crippen LogP contribution >= 0.6 is 0 Å². The van der Waals surface area contributed by atoms with Crippen LogP contribution in [0.25, 0.3) is 5.69 Å². The standard InChI is InChI=1S/C12H14FN3/c1-9-10(7-14-2)8-16(15-9)12-5-3-4-11(13)6-12/h3-6,8,14H,7H2,1-2H3. The summed E-state index contributed by atoms with van der Waals surface area (Å²) in [5.74, 6) is -0.249. The summed E-state index contributed by atoms with van der Waals surface area (Å²) in [5, 5.41) is 7.42. The fraction of sp³-hybridized carbons (Fsp3) is 0.250. The van der Waals surface area contributed by atoms with E-state index in [2.05, 4.69) is 10.4 Å². The second-order valence-corrected chi connectivity index (χ2v) is 3.69. The Bertz CT molecular complexity index is 491. The molecule has 1 N–H and O–H groups in total. The molecule has 4 heteroatoms. The third-order valence-corrected chi connectivity index (χ3v) is 2.44. The zero-order valence-electron chi connectivity index (χ0n) is 9.37. The van der Waals surface area contributed by atoms with E-state index in [1.54, 1.807) is 10.7 Å². The molecule has 0 fully saturated rings. The van der Waals surface area contributed by atoms with E-state index in [4.69, 9.17) is 0 Å². The van der Waals surface area contributed by atoms with Gasteiger partial charge >= 0.3 is 0 Å². The summed E-state index contributed by atoms with van der Waals surface area (Å²) in [5.41, 5.74) is 2.82. The first-order chi connectivity index (χ1) is 7.70. The van der Waals surface area contributed by atoms with Crippen LogP contribution in [0.5, 0.6) is 0 Å². The van der Waals surface area contributed by atoms with Crippen molar-refractivity contribution in [2.75, 3.05) is 7.05 Å². The molecule has 0 atom stereocenters. The molecule has 0 unspecified atom stereocenters. The number of halogens is 1. The van der Waals surface area contributed by atoms with E-state index in [1.807, 2.05) is 26.2 Å². The first kappa shape index (κ1) is 10.8.